The number of aromatic carboxylic acids is 1. The number of carbonyl (C=O) groups is 1. The number of carboxylic acids is 1. The molecule has 0 atom stereocenters. The van der Waals surface area contributed by atoms with E-state index in [1.165, 1.54) is 0 Å². The van der Waals surface area contributed by atoms with Crippen LogP contribution in [0.1, 0.15) is 38.1 Å². The molecule has 0 unspecified atom stereocenters. The molecule has 4 heteroatoms. The molecular weight excluding hydrogens is 240 g/mol. The Balaban J connectivity index is 2.39. The molecule has 1 aromatic heterocycles. The maximum Gasteiger partial charge on any atom is 0.335 e. The van der Waals surface area contributed by atoms with Crippen LogP contribution < -0.4 is 0 Å². The van der Waals surface area contributed by atoms with Crippen LogP contribution in [-0.2, 0) is 6.54 Å². The van der Waals surface area contributed by atoms with Crippen LogP contribution in [0.4, 0.5) is 0 Å². The summed E-state index contributed by atoms with van der Waals surface area (Å²) in [6.45, 7) is 9.75. The molecule has 2 rings (SSSR count). The summed E-state index contributed by atoms with van der Waals surface area (Å²) in [6, 6.07) is 5.09. The number of nitrogens with zero attached hydrogens (tertiary/aromatic N) is 2. The minimum Gasteiger partial charge on any atom is -0.478 e. The molecule has 4 nitrogen and oxygen atoms in total. The summed E-state index contributed by atoms with van der Waals surface area (Å²) < 4.78 is 2.10. The van der Waals surface area contributed by atoms with Crippen molar-refractivity contribution in [2.24, 2.45) is 11.3 Å². The summed E-state index contributed by atoms with van der Waals surface area (Å²) >= 11 is 0. The van der Waals surface area contributed by atoms with Crippen LogP contribution in [0.15, 0.2) is 24.5 Å². The molecule has 1 N–H and O–H groups in total. The number of carboxylic acid groups (broad SMARTS) is 1. The summed E-state index contributed by atoms with van der Waals surface area (Å²) in [4.78, 5) is 15.2. The molecule has 2 aromatic rings. The van der Waals surface area contributed by atoms with Gasteiger partial charge in [-0.25, -0.2) is 9.78 Å². The SMILES string of the molecule is CC(C)C(C)(C)Cn1cnc2cc(C(=O)O)ccc21. The van der Waals surface area contributed by atoms with Gasteiger partial charge in [0.05, 0.1) is 22.9 Å². The third-order valence-electron chi connectivity index (χ3n) is 4.01. The van der Waals surface area contributed by atoms with Crippen molar-refractivity contribution in [2.45, 2.75) is 34.2 Å². The van der Waals surface area contributed by atoms with Crippen molar-refractivity contribution >= 4 is 17.0 Å². The van der Waals surface area contributed by atoms with Gasteiger partial charge in [0, 0.05) is 6.54 Å². The van der Waals surface area contributed by atoms with Gasteiger partial charge in [0.25, 0.3) is 0 Å². The van der Waals surface area contributed by atoms with Crippen molar-refractivity contribution in [3.05, 3.63) is 30.1 Å². The topological polar surface area (TPSA) is 55.1 Å². The van der Waals surface area contributed by atoms with Gasteiger partial charge >= 0.3 is 5.97 Å². The molecule has 1 aromatic carbocycles. The van der Waals surface area contributed by atoms with Crippen molar-refractivity contribution in [3.8, 4) is 0 Å². The maximum absolute atomic E-state index is 10.9. The van der Waals surface area contributed by atoms with E-state index in [1.807, 2.05) is 6.07 Å². The number of aromatic nitrogens is 2. The Morgan fingerprint density at radius 1 is 1.42 bits per heavy atom. The second kappa shape index (κ2) is 4.68. The zero-order chi connectivity index (χ0) is 14.2. The molecular formula is C15H20N2O2. The van der Waals surface area contributed by atoms with Crippen LogP contribution in [0.5, 0.6) is 0 Å². The van der Waals surface area contributed by atoms with Crippen molar-refractivity contribution in [3.63, 3.8) is 0 Å². The number of benzene rings is 1. The van der Waals surface area contributed by atoms with Gasteiger partial charge in [-0.15, -0.1) is 0 Å². The largest absolute Gasteiger partial charge is 0.478 e. The Bertz CT molecular complexity index is 612. The van der Waals surface area contributed by atoms with Gasteiger partial charge in [-0.3, -0.25) is 0 Å². The van der Waals surface area contributed by atoms with Crippen LogP contribution in [0.2, 0.25) is 0 Å². The summed E-state index contributed by atoms with van der Waals surface area (Å²) in [5.74, 6) is -0.359. The maximum atomic E-state index is 10.9. The average Bonchev–Trinajstić information content (AvgIpc) is 2.71. The van der Waals surface area contributed by atoms with E-state index < -0.39 is 5.97 Å². The van der Waals surface area contributed by atoms with E-state index in [-0.39, 0.29) is 11.0 Å². The van der Waals surface area contributed by atoms with E-state index >= 15 is 0 Å². The second-order valence-corrected chi connectivity index (χ2v) is 6.02. The second-order valence-electron chi connectivity index (χ2n) is 6.02. The Hall–Kier alpha value is -1.84. The lowest BCUT2D eigenvalue weighted by atomic mass is 9.81. The van der Waals surface area contributed by atoms with Crippen LogP contribution in [0, 0.1) is 11.3 Å². The van der Waals surface area contributed by atoms with Crippen LogP contribution >= 0.6 is 0 Å². The summed E-state index contributed by atoms with van der Waals surface area (Å²) in [6.07, 6.45) is 1.79. The Morgan fingerprint density at radius 2 is 2.11 bits per heavy atom. The third kappa shape index (κ3) is 2.62. The van der Waals surface area contributed by atoms with E-state index in [4.69, 9.17) is 5.11 Å². The molecule has 0 aliphatic carbocycles. The first-order valence-corrected chi connectivity index (χ1v) is 6.49. The number of rotatable bonds is 4. The molecule has 0 saturated carbocycles. The van der Waals surface area contributed by atoms with Gasteiger partial charge in [0.1, 0.15) is 0 Å². The van der Waals surface area contributed by atoms with Crippen LogP contribution in [-0.4, -0.2) is 20.6 Å². The third-order valence-corrected chi connectivity index (χ3v) is 4.01. The molecule has 102 valence electrons. The Kier molecular flexibility index (Phi) is 3.35. The monoisotopic (exact) mass is 260 g/mol. The number of imidazole rings is 1. The van der Waals surface area contributed by atoms with Crippen LogP contribution in [0.25, 0.3) is 11.0 Å². The summed E-state index contributed by atoms with van der Waals surface area (Å²) in [7, 11) is 0. The zero-order valence-electron chi connectivity index (χ0n) is 11.8. The molecule has 0 bridgehead atoms. The molecule has 0 saturated heterocycles. The smallest absolute Gasteiger partial charge is 0.335 e. The number of hydrogen-bond acceptors (Lipinski definition) is 2. The quantitative estimate of drug-likeness (QED) is 0.916. The minimum atomic E-state index is -0.918. The van der Waals surface area contributed by atoms with E-state index in [9.17, 15) is 4.79 Å². The van der Waals surface area contributed by atoms with Gasteiger partial charge < -0.3 is 9.67 Å². The van der Waals surface area contributed by atoms with E-state index in [0.717, 1.165) is 17.6 Å². The standard InChI is InChI=1S/C15H20N2O2/c1-10(2)15(3,4)8-17-9-16-12-7-11(14(18)19)5-6-13(12)17/h5-7,9-10H,8H2,1-4H3,(H,18,19). The van der Waals surface area contributed by atoms with E-state index in [0.29, 0.717) is 5.92 Å². The predicted octanol–water partition coefficient (Wildman–Crippen LogP) is 3.42. The molecule has 0 fully saturated rings. The molecule has 0 radical (unpaired) electrons. The highest BCUT2D eigenvalue weighted by Gasteiger charge is 2.23. The van der Waals surface area contributed by atoms with Crippen LogP contribution in [0.3, 0.4) is 0 Å². The fraction of sp³-hybridized carbons (Fsp3) is 0.467. The lowest BCUT2D eigenvalue weighted by molar-refractivity contribution is 0.0697. The van der Waals surface area contributed by atoms with Gasteiger partial charge in [-0.05, 0) is 29.5 Å². The Labute approximate surface area is 113 Å². The zero-order valence-corrected chi connectivity index (χ0v) is 11.8. The first-order chi connectivity index (χ1) is 8.81. The molecule has 1 heterocycles. The van der Waals surface area contributed by atoms with Gasteiger partial charge in [0.15, 0.2) is 0 Å². The molecule has 0 aliphatic rings. The summed E-state index contributed by atoms with van der Waals surface area (Å²) in [5, 5.41) is 8.98. The first kappa shape index (κ1) is 13.6. The van der Waals surface area contributed by atoms with Crippen molar-refractivity contribution < 1.29 is 9.90 Å². The highest BCUT2D eigenvalue weighted by molar-refractivity contribution is 5.92. The predicted molar refractivity (Wildman–Crippen MR) is 75.3 cm³/mol. The van der Waals surface area contributed by atoms with Crippen molar-refractivity contribution in [2.75, 3.05) is 0 Å². The van der Waals surface area contributed by atoms with Gasteiger partial charge in [-0.2, -0.15) is 0 Å². The van der Waals surface area contributed by atoms with Crippen molar-refractivity contribution in [1.29, 1.82) is 0 Å². The minimum absolute atomic E-state index is 0.166. The lowest BCUT2D eigenvalue weighted by Crippen LogP contribution is -2.25. The molecule has 19 heavy (non-hydrogen) atoms. The fourth-order valence-electron chi connectivity index (χ4n) is 1.94. The van der Waals surface area contributed by atoms with Gasteiger partial charge in [-0.1, -0.05) is 27.7 Å². The average molecular weight is 260 g/mol. The number of fused-ring (bicyclic) bond motifs is 1. The highest BCUT2D eigenvalue weighted by Crippen LogP contribution is 2.29. The lowest BCUT2D eigenvalue weighted by Gasteiger charge is -2.29. The Morgan fingerprint density at radius 3 is 2.68 bits per heavy atom. The number of hydrogen-bond donors (Lipinski definition) is 1. The van der Waals surface area contributed by atoms with Gasteiger partial charge in [0.2, 0.25) is 0 Å². The van der Waals surface area contributed by atoms with E-state index in [1.54, 1.807) is 18.5 Å². The highest BCUT2D eigenvalue weighted by atomic mass is 16.4. The molecule has 0 aliphatic heterocycles. The summed E-state index contributed by atoms with van der Waals surface area (Å²) in [5.41, 5.74) is 2.16. The van der Waals surface area contributed by atoms with Crippen molar-refractivity contribution in [1.82, 2.24) is 9.55 Å². The molecule has 0 amide bonds. The van der Waals surface area contributed by atoms with E-state index in [2.05, 4.69) is 37.2 Å². The normalized spacial score (nSPS) is 12.3. The first-order valence-electron chi connectivity index (χ1n) is 6.49. The molecule has 0 spiro atoms. The fourth-order valence-corrected chi connectivity index (χ4v) is 1.94.